The zero-order valence-corrected chi connectivity index (χ0v) is 13.3. The molecule has 0 aliphatic carbocycles. The Kier molecular flexibility index (Phi) is 8.61. The van der Waals surface area contributed by atoms with Crippen LogP contribution < -0.4 is 0 Å². The van der Waals surface area contributed by atoms with Crippen molar-refractivity contribution in [2.45, 2.75) is 37.8 Å². The molecular formula is C15H28O7. The molecule has 0 aromatic heterocycles. The smallest absolute Gasteiger partial charge is 0.104 e. The van der Waals surface area contributed by atoms with E-state index in [9.17, 15) is 0 Å². The molecule has 3 atom stereocenters. The fourth-order valence-corrected chi connectivity index (χ4v) is 1.54. The molecule has 22 heavy (non-hydrogen) atoms. The van der Waals surface area contributed by atoms with Crippen LogP contribution in [0.5, 0.6) is 0 Å². The second-order valence-corrected chi connectivity index (χ2v) is 5.62. The first kappa shape index (κ1) is 18.1. The third-order valence-electron chi connectivity index (χ3n) is 3.16. The molecule has 130 valence electrons. The Hall–Kier alpha value is -0.280. The molecule has 0 bridgehead atoms. The number of hydrogen-bond donors (Lipinski definition) is 1. The van der Waals surface area contributed by atoms with Crippen LogP contribution in [0.4, 0.5) is 0 Å². The predicted molar refractivity (Wildman–Crippen MR) is 78.0 cm³/mol. The summed E-state index contributed by atoms with van der Waals surface area (Å²) in [6, 6.07) is 0. The molecule has 0 spiro atoms. The van der Waals surface area contributed by atoms with Crippen molar-refractivity contribution in [3.05, 3.63) is 0 Å². The summed E-state index contributed by atoms with van der Waals surface area (Å²) < 4.78 is 32.1. The van der Waals surface area contributed by atoms with E-state index in [2.05, 4.69) is 0 Å². The quantitative estimate of drug-likeness (QED) is 0.506. The van der Waals surface area contributed by atoms with Gasteiger partial charge >= 0.3 is 0 Å². The second kappa shape index (κ2) is 10.5. The second-order valence-electron chi connectivity index (χ2n) is 5.62. The minimum absolute atomic E-state index is 0.0355. The molecule has 0 amide bonds. The van der Waals surface area contributed by atoms with E-state index in [4.69, 9.17) is 33.5 Å². The van der Waals surface area contributed by atoms with Gasteiger partial charge < -0.3 is 33.5 Å². The van der Waals surface area contributed by atoms with E-state index in [0.717, 1.165) is 26.2 Å². The highest BCUT2D eigenvalue weighted by molar-refractivity contribution is 4.72. The lowest BCUT2D eigenvalue weighted by atomic mass is 10.4. The van der Waals surface area contributed by atoms with Gasteiger partial charge in [-0.25, -0.2) is 0 Å². The fraction of sp³-hybridized carbons (Fsp3) is 1.00. The minimum Gasteiger partial charge on any atom is -0.396 e. The van der Waals surface area contributed by atoms with Crippen molar-refractivity contribution in [3.8, 4) is 0 Å². The Morgan fingerprint density at radius 1 is 0.909 bits per heavy atom. The average Bonchev–Trinajstić information content (AvgIpc) is 3.39. The average molecular weight is 320 g/mol. The third kappa shape index (κ3) is 9.68. The van der Waals surface area contributed by atoms with Crippen molar-refractivity contribution >= 4 is 0 Å². The van der Waals surface area contributed by atoms with Gasteiger partial charge in [-0.05, 0) is 6.42 Å². The van der Waals surface area contributed by atoms with Crippen LogP contribution in [0.25, 0.3) is 0 Å². The van der Waals surface area contributed by atoms with Gasteiger partial charge in [0.1, 0.15) is 24.4 Å². The maximum atomic E-state index is 7.88. The van der Waals surface area contributed by atoms with Gasteiger partial charge in [0.05, 0.1) is 52.9 Å². The van der Waals surface area contributed by atoms with E-state index in [-0.39, 0.29) is 24.4 Å². The van der Waals surface area contributed by atoms with Crippen LogP contribution in [-0.4, -0.2) is 89.0 Å². The first-order valence-corrected chi connectivity index (χ1v) is 8.04. The standard InChI is InChI=1S/C12H20O6.C3H8O/c1(13-3-10-5-16-10)9(15-7-12-8-18-12)2-14-4-11-6-17-11;1-2-3-4/h9-12H,1-8H2;4H,2-3H2,1H3. The summed E-state index contributed by atoms with van der Waals surface area (Å²) in [5.74, 6) is 0. The Labute approximate surface area is 131 Å². The Morgan fingerprint density at radius 3 is 1.68 bits per heavy atom. The summed E-state index contributed by atoms with van der Waals surface area (Å²) in [5, 5.41) is 7.88. The van der Waals surface area contributed by atoms with Gasteiger partial charge in [0.2, 0.25) is 0 Å². The van der Waals surface area contributed by atoms with E-state index in [1.165, 1.54) is 0 Å². The first-order valence-electron chi connectivity index (χ1n) is 8.04. The molecule has 3 aliphatic rings. The summed E-state index contributed by atoms with van der Waals surface area (Å²) in [6.07, 6.45) is 1.69. The van der Waals surface area contributed by atoms with Gasteiger partial charge in [-0.15, -0.1) is 0 Å². The lowest BCUT2D eigenvalue weighted by Crippen LogP contribution is -2.28. The summed E-state index contributed by atoms with van der Waals surface area (Å²) in [7, 11) is 0. The van der Waals surface area contributed by atoms with Gasteiger partial charge in [-0.2, -0.15) is 0 Å². The van der Waals surface area contributed by atoms with Gasteiger partial charge in [0.15, 0.2) is 0 Å². The Balaban J connectivity index is 0.000000396. The van der Waals surface area contributed by atoms with Crippen molar-refractivity contribution in [3.63, 3.8) is 0 Å². The van der Waals surface area contributed by atoms with Crippen molar-refractivity contribution in [2.24, 2.45) is 0 Å². The van der Waals surface area contributed by atoms with Crippen LogP contribution in [0.2, 0.25) is 0 Å². The summed E-state index contributed by atoms with van der Waals surface area (Å²) in [4.78, 5) is 0. The highest BCUT2D eigenvalue weighted by Gasteiger charge is 2.27. The highest BCUT2D eigenvalue weighted by atomic mass is 16.6. The summed E-state index contributed by atoms with van der Waals surface area (Å²) >= 11 is 0. The molecule has 0 saturated carbocycles. The molecule has 7 nitrogen and oxygen atoms in total. The Bertz CT molecular complexity index is 257. The molecule has 0 aromatic rings. The first-order chi connectivity index (χ1) is 10.8. The van der Waals surface area contributed by atoms with Crippen molar-refractivity contribution in [2.75, 3.05) is 59.5 Å². The van der Waals surface area contributed by atoms with Crippen LogP contribution in [0, 0.1) is 0 Å². The van der Waals surface area contributed by atoms with Crippen LogP contribution in [0.15, 0.2) is 0 Å². The molecule has 0 radical (unpaired) electrons. The number of rotatable bonds is 12. The monoisotopic (exact) mass is 320 g/mol. The van der Waals surface area contributed by atoms with Crippen LogP contribution in [0.1, 0.15) is 13.3 Å². The summed E-state index contributed by atoms with van der Waals surface area (Å²) in [5.41, 5.74) is 0. The maximum Gasteiger partial charge on any atom is 0.104 e. The highest BCUT2D eigenvalue weighted by Crippen LogP contribution is 2.13. The molecule has 0 aromatic carbocycles. The molecule has 1 N–H and O–H groups in total. The minimum atomic E-state index is -0.0355. The van der Waals surface area contributed by atoms with Crippen molar-refractivity contribution in [1.29, 1.82) is 0 Å². The molecule has 3 unspecified atom stereocenters. The van der Waals surface area contributed by atoms with Crippen LogP contribution in [-0.2, 0) is 28.4 Å². The number of epoxide rings is 3. The Morgan fingerprint density at radius 2 is 1.32 bits per heavy atom. The van der Waals surface area contributed by atoms with Gasteiger partial charge in [0.25, 0.3) is 0 Å². The summed E-state index contributed by atoms with van der Waals surface area (Å²) in [6.45, 7) is 7.68. The molecule has 3 saturated heterocycles. The predicted octanol–water partition coefficient (Wildman–Crippen LogP) is -0.0101. The van der Waals surface area contributed by atoms with Crippen molar-refractivity contribution in [1.82, 2.24) is 0 Å². The van der Waals surface area contributed by atoms with E-state index in [0.29, 0.717) is 39.6 Å². The number of aliphatic hydroxyl groups is 1. The van der Waals surface area contributed by atoms with Crippen molar-refractivity contribution < 1.29 is 33.5 Å². The molecule has 7 heteroatoms. The molecular weight excluding hydrogens is 292 g/mol. The lowest BCUT2D eigenvalue weighted by molar-refractivity contribution is -0.0661. The lowest BCUT2D eigenvalue weighted by Gasteiger charge is -2.17. The van der Waals surface area contributed by atoms with Gasteiger partial charge in [-0.3, -0.25) is 0 Å². The maximum absolute atomic E-state index is 7.88. The molecule has 3 heterocycles. The number of aliphatic hydroxyl groups excluding tert-OH is 1. The van der Waals surface area contributed by atoms with Gasteiger partial charge in [-0.1, -0.05) is 6.92 Å². The van der Waals surface area contributed by atoms with E-state index < -0.39 is 0 Å². The van der Waals surface area contributed by atoms with E-state index >= 15 is 0 Å². The van der Waals surface area contributed by atoms with E-state index in [1.54, 1.807) is 0 Å². The van der Waals surface area contributed by atoms with Crippen LogP contribution >= 0.6 is 0 Å². The molecule has 3 rings (SSSR count). The fourth-order valence-electron chi connectivity index (χ4n) is 1.54. The number of hydrogen-bond acceptors (Lipinski definition) is 7. The largest absolute Gasteiger partial charge is 0.396 e. The number of ether oxygens (including phenoxy) is 6. The zero-order valence-electron chi connectivity index (χ0n) is 13.3. The SMILES string of the molecule is C(OCC1CO1)C(COCC1CO1)OCC1CO1.CCCO. The van der Waals surface area contributed by atoms with E-state index in [1.807, 2.05) is 6.92 Å². The normalized spacial score (nSPS) is 29.5. The molecule has 3 fully saturated rings. The topological polar surface area (TPSA) is 85.5 Å². The van der Waals surface area contributed by atoms with Gasteiger partial charge in [0, 0.05) is 6.61 Å². The zero-order chi connectivity index (χ0) is 15.6. The molecule has 3 aliphatic heterocycles. The third-order valence-corrected chi connectivity index (χ3v) is 3.16. The van der Waals surface area contributed by atoms with Crippen LogP contribution in [0.3, 0.4) is 0 Å².